The van der Waals surface area contributed by atoms with E-state index in [0.29, 0.717) is 0 Å². The van der Waals surface area contributed by atoms with Crippen molar-refractivity contribution >= 4 is 0 Å². The average Bonchev–Trinajstić information content (AvgIpc) is 2.35. The summed E-state index contributed by atoms with van der Waals surface area (Å²) in [7, 11) is 0. The van der Waals surface area contributed by atoms with Crippen LogP contribution >= 0.6 is 0 Å². The molecule has 1 aromatic rings. The lowest BCUT2D eigenvalue weighted by Gasteiger charge is -2.06. The molecule has 1 atom stereocenters. The van der Waals surface area contributed by atoms with Gasteiger partial charge in [-0.25, -0.2) is 0 Å². The van der Waals surface area contributed by atoms with Gasteiger partial charge >= 0.3 is 0 Å². The van der Waals surface area contributed by atoms with Crippen LogP contribution in [0.3, 0.4) is 0 Å². The maximum absolute atomic E-state index is 5.79. The van der Waals surface area contributed by atoms with E-state index in [1.807, 2.05) is 19.1 Å². The number of hydrogen-bond donors (Lipinski definition) is 1. The summed E-state index contributed by atoms with van der Waals surface area (Å²) in [4.78, 5) is 0. The van der Waals surface area contributed by atoms with Gasteiger partial charge in [-0.15, -0.1) is 6.58 Å². The molecule has 0 fully saturated rings. The molecule has 0 radical (unpaired) electrons. The van der Waals surface area contributed by atoms with E-state index in [2.05, 4.69) is 6.58 Å². The fraction of sp³-hybridized carbons (Fsp3) is 0.333. The third-order valence-corrected chi connectivity index (χ3v) is 1.48. The molecule has 0 aliphatic rings. The average molecular weight is 151 g/mol. The minimum absolute atomic E-state index is 0.0394. The Kier molecular flexibility index (Phi) is 2.49. The molecule has 0 aliphatic carbocycles. The molecule has 0 amide bonds. The maximum Gasteiger partial charge on any atom is 0.120 e. The van der Waals surface area contributed by atoms with Gasteiger partial charge in [0.2, 0.25) is 0 Å². The van der Waals surface area contributed by atoms with E-state index in [9.17, 15) is 0 Å². The first kappa shape index (κ1) is 8.08. The van der Waals surface area contributed by atoms with Crippen LogP contribution < -0.4 is 5.73 Å². The van der Waals surface area contributed by atoms with Crippen LogP contribution in [0.25, 0.3) is 0 Å². The zero-order valence-electron chi connectivity index (χ0n) is 6.71. The molecule has 0 saturated carbocycles. The summed E-state index contributed by atoms with van der Waals surface area (Å²) >= 11 is 0. The minimum Gasteiger partial charge on any atom is -0.468 e. The second-order valence-corrected chi connectivity index (χ2v) is 2.78. The molecule has 11 heavy (non-hydrogen) atoms. The number of nitrogens with two attached hydrogens (primary N) is 1. The SMILES string of the molecule is C=C(C)C[C@@H](N)c1ccco1. The molecular formula is C9H13NO. The predicted molar refractivity (Wildman–Crippen MR) is 45.1 cm³/mol. The van der Waals surface area contributed by atoms with Gasteiger partial charge in [-0.3, -0.25) is 0 Å². The highest BCUT2D eigenvalue weighted by Gasteiger charge is 2.07. The first-order valence-electron chi connectivity index (χ1n) is 3.63. The van der Waals surface area contributed by atoms with Crippen LogP contribution in [0.5, 0.6) is 0 Å². The fourth-order valence-electron chi connectivity index (χ4n) is 0.978. The Morgan fingerprint density at radius 1 is 1.82 bits per heavy atom. The molecule has 0 spiro atoms. The molecule has 1 heterocycles. The van der Waals surface area contributed by atoms with E-state index in [-0.39, 0.29) is 6.04 Å². The van der Waals surface area contributed by atoms with Crippen LogP contribution in [-0.4, -0.2) is 0 Å². The molecule has 2 N–H and O–H groups in total. The standard InChI is InChI=1S/C9H13NO/c1-7(2)6-8(10)9-4-3-5-11-9/h3-5,8H,1,6,10H2,2H3/t8-/m1/s1. The highest BCUT2D eigenvalue weighted by Crippen LogP contribution is 2.17. The summed E-state index contributed by atoms with van der Waals surface area (Å²) in [6.07, 6.45) is 2.42. The maximum atomic E-state index is 5.79. The summed E-state index contributed by atoms with van der Waals surface area (Å²) in [5.74, 6) is 0.827. The highest BCUT2D eigenvalue weighted by molar-refractivity contribution is 5.07. The van der Waals surface area contributed by atoms with E-state index >= 15 is 0 Å². The smallest absolute Gasteiger partial charge is 0.120 e. The van der Waals surface area contributed by atoms with Crippen molar-refractivity contribution in [2.24, 2.45) is 5.73 Å². The highest BCUT2D eigenvalue weighted by atomic mass is 16.3. The summed E-state index contributed by atoms with van der Waals surface area (Å²) in [6, 6.07) is 3.68. The normalized spacial score (nSPS) is 12.9. The quantitative estimate of drug-likeness (QED) is 0.673. The van der Waals surface area contributed by atoms with Crippen molar-refractivity contribution in [3.8, 4) is 0 Å². The van der Waals surface area contributed by atoms with E-state index in [1.165, 1.54) is 0 Å². The molecule has 1 aromatic heterocycles. The van der Waals surface area contributed by atoms with Crippen LogP contribution in [0, 0.1) is 0 Å². The Bertz CT molecular complexity index is 226. The summed E-state index contributed by atoms with van der Waals surface area (Å²) in [6.45, 7) is 5.74. The summed E-state index contributed by atoms with van der Waals surface area (Å²) in [5, 5.41) is 0. The third-order valence-electron chi connectivity index (χ3n) is 1.48. The second-order valence-electron chi connectivity index (χ2n) is 2.78. The fourth-order valence-corrected chi connectivity index (χ4v) is 0.978. The van der Waals surface area contributed by atoms with Crippen molar-refractivity contribution in [3.05, 3.63) is 36.3 Å². The van der Waals surface area contributed by atoms with Crippen LogP contribution in [-0.2, 0) is 0 Å². The number of rotatable bonds is 3. The Labute approximate surface area is 66.7 Å². The lowest BCUT2D eigenvalue weighted by atomic mass is 10.1. The molecule has 0 bridgehead atoms. The van der Waals surface area contributed by atoms with E-state index in [0.717, 1.165) is 17.8 Å². The Morgan fingerprint density at radius 2 is 2.55 bits per heavy atom. The Balaban J connectivity index is 2.56. The first-order chi connectivity index (χ1) is 5.20. The Hall–Kier alpha value is -1.02. The van der Waals surface area contributed by atoms with Crippen LogP contribution in [0.4, 0.5) is 0 Å². The Morgan fingerprint density at radius 3 is 3.00 bits per heavy atom. The molecule has 0 aliphatic heterocycles. The molecule has 2 nitrogen and oxygen atoms in total. The number of hydrogen-bond acceptors (Lipinski definition) is 2. The lowest BCUT2D eigenvalue weighted by Crippen LogP contribution is -2.08. The minimum atomic E-state index is -0.0394. The molecular weight excluding hydrogens is 138 g/mol. The van der Waals surface area contributed by atoms with Crippen LogP contribution in [0.15, 0.2) is 35.0 Å². The van der Waals surface area contributed by atoms with E-state index in [4.69, 9.17) is 10.2 Å². The summed E-state index contributed by atoms with van der Waals surface area (Å²) < 4.78 is 5.13. The van der Waals surface area contributed by atoms with E-state index < -0.39 is 0 Å². The zero-order chi connectivity index (χ0) is 8.27. The topological polar surface area (TPSA) is 39.2 Å². The van der Waals surface area contributed by atoms with Gasteiger partial charge in [-0.2, -0.15) is 0 Å². The molecule has 2 heteroatoms. The zero-order valence-corrected chi connectivity index (χ0v) is 6.71. The largest absolute Gasteiger partial charge is 0.468 e. The van der Waals surface area contributed by atoms with Crippen molar-refractivity contribution in [1.29, 1.82) is 0 Å². The van der Waals surface area contributed by atoms with Gasteiger partial charge in [0, 0.05) is 0 Å². The van der Waals surface area contributed by atoms with Crippen molar-refractivity contribution in [2.75, 3.05) is 0 Å². The second kappa shape index (κ2) is 3.39. The predicted octanol–water partition coefficient (Wildman–Crippen LogP) is 2.25. The van der Waals surface area contributed by atoms with Gasteiger partial charge < -0.3 is 10.2 Å². The molecule has 60 valence electrons. The van der Waals surface area contributed by atoms with E-state index in [1.54, 1.807) is 6.26 Å². The molecule has 0 aromatic carbocycles. The molecule has 1 rings (SSSR count). The van der Waals surface area contributed by atoms with Crippen LogP contribution in [0.2, 0.25) is 0 Å². The van der Waals surface area contributed by atoms with Gasteiger partial charge in [0.05, 0.1) is 12.3 Å². The van der Waals surface area contributed by atoms with Crippen molar-refractivity contribution in [3.63, 3.8) is 0 Å². The summed E-state index contributed by atoms with van der Waals surface area (Å²) in [5.41, 5.74) is 6.86. The van der Waals surface area contributed by atoms with Crippen LogP contribution in [0.1, 0.15) is 25.1 Å². The van der Waals surface area contributed by atoms with Crippen molar-refractivity contribution in [1.82, 2.24) is 0 Å². The van der Waals surface area contributed by atoms with Crippen molar-refractivity contribution < 1.29 is 4.42 Å². The molecule has 0 saturated heterocycles. The van der Waals surface area contributed by atoms with Gasteiger partial charge in [-0.05, 0) is 25.5 Å². The third kappa shape index (κ3) is 2.24. The van der Waals surface area contributed by atoms with Gasteiger partial charge in [-0.1, -0.05) is 5.57 Å². The van der Waals surface area contributed by atoms with Crippen molar-refractivity contribution in [2.45, 2.75) is 19.4 Å². The molecule has 0 unspecified atom stereocenters. The van der Waals surface area contributed by atoms with Gasteiger partial charge in [0.1, 0.15) is 5.76 Å². The first-order valence-corrected chi connectivity index (χ1v) is 3.63. The lowest BCUT2D eigenvalue weighted by molar-refractivity contribution is 0.464. The van der Waals surface area contributed by atoms with Gasteiger partial charge in [0.15, 0.2) is 0 Å². The number of furan rings is 1. The monoisotopic (exact) mass is 151 g/mol. The van der Waals surface area contributed by atoms with Gasteiger partial charge in [0.25, 0.3) is 0 Å².